The Morgan fingerprint density at radius 2 is 2.11 bits per heavy atom. The Morgan fingerprint density at radius 3 is 2.84 bits per heavy atom. The molecule has 1 unspecified atom stereocenters. The third-order valence-electron chi connectivity index (χ3n) is 4.27. The average Bonchev–Trinajstić information content (AvgIpc) is 2.94. The molecule has 1 atom stereocenters. The number of rotatable bonds is 3. The van der Waals surface area contributed by atoms with Crippen LogP contribution in [-0.2, 0) is 6.54 Å². The van der Waals surface area contributed by atoms with Crippen molar-refractivity contribution in [2.24, 2.45) is 11.7 Å². The number of hydrogen-bond donors (Lipinski definition) is 1. The minimum absolute atomic E-state index is 0.223. The van der Waals surface area contributed by atoms with Crippen LogP contribution in [0.25, 0.3) is 0 Å². The van der Waals surface area contributed by atoms with Crippen molar-refractivity contribution >= 4 is 0 Å². The summed E-state index contributed by atoms with van der Waals surface area (Å²) in [6, 6.07) is 6.22. The molecule has 0 aliphatic carbocycles. The van der Waals surface area contributed by atoms with Crippen molar-refractivity contribution in [1.29, 1.82) is 0 Å². The SMILES string of the molecule is CC1(C)CC(CN)CN1Cc1ccc2c(c1)OCO2. The average molecular weight is 262 g/mol. The van der Waals surface area contributed by atoms with Crippen LogP contribution in [-0.4, -0.2) is 30.3 Å². The quantitative estimate of drug-likeness (QED) is 0.905. The van der Waals surface area contributed by atoms with Crippen LogP contribution in [0.1, 0.15) is 25.8 Å². The van der Waals surface area contributed by atoms with Gasteiger partial charge in [0.25, 0.3) is 0 Å². The molecule has 0 radical (unpaired) electrons. The first kappa shape index (κ1) is 12.8. The second-order valence-electron chi connectivity index (χ2n) is 6.19. The second kappa shape index (κ2) is 4.69. The van der Waals surface area contributed by atoms with Crippen LogP contribution in [0.3, 0.4) is 0 Å². The maximum atomic E-state index is 5.82. The molecule has 0 spiro atoms. The van der Waals surface area contributed by atoms with Crippen molar-refractivity contribution in [2.45, 2.75) is 32.4 Å². The minimum atomic E-state index is 0.223. The van der Waals surface area contributed by atoms with Crippen LogP contribution >= 0.6 is 0 Å². The molecule has 2 aliphatic heterocycles. The third-order valence-corrected chi connectivity index (χ3v) is 4.27. The molecule has 0 amide bonds. The van der Waals surface area contributed by atoms with Crippen molar-refractivity contribution in [1.82, 2.24) is 4.90 Å². The first-order chi connectivity index (χ1) is 9.08. The summed E-state index contributed by atoms with van der Waals surface area (Å²) in [5, 5.41) is 0. The molecule has 1 saturated heterocycles. The van der Waals surface area contributed by atoms with Crippen LogP contribution in [0.15, 0.2) is 18.2 Å². The van der Waals surface area contributed by atoms with Gasteiger partial charge in [0.05, 0.1) is 0 Å². The summed E-state index contributed by atoms with van der Waals surface area (Å²) in [5.74, 6) is 2.33. The second-order valence-corrected chi connectivity index (χ2v) is 6.19. The van der Waals surface area contributed by atoms with Crippen molar-refractivity contribution in [3.63, 3.8) is 0 Å². The Balaban J connectivity index is 1.74. The van der Waals surface area contributed by atoms with Gasteiger partial charge in [0.2, 0.25) is 6.79 Å². The van der Waals surface area contributed by atoms with Crippen molar-refractivity contribution < 1.29 is 9.47 Å². The van der Waals surface area contributed by atoms with Gasteiger partial charge in [0, 0.05) is 18.6 Å². The van der Waals surface area contributed by atoms with Crippen molar-refractivity contribution in [3.8, 4) is 11.5 Å². The minimum Gasteiger partial charge on any atom is -0.454 e. The molecule has 2 heterocycles. The van der Waals surface area contributed by atoms with Gasteiger partial charge in [-0.1, -0.05) is 6.07 Å². The molecule has 104 valence electrons. The Labute approximate surface area is 114 Å². The first-order valence-electron chi connectivity index (χ1n) is 6.92. The summed E-state index contributed by atoms with van der Waals surface area (Å²) in [7, 11) is 0. The van der Waals surface area contributed by atoms with Crippen LogP contribution in [0, 0.1) is 5.92 Å². The van der Waals surface area contributed by atoms with Gasteiger partial charge >= 0.3 is 0 Å². The van der Waals surface area contributed by atoms with E-state index in [4.69, 9.17) is 15.2 Å². The van der Waals surface area contributed by atoms with E-state index in [0.717, 1.165) is 31.1 Å². The van der Waals surface area contributed by atoms with E-state index in [-0.39, 0.29) is 5.54 Å². The lowest BCUT2D eigenvalue weighted by Crippen LogP contribution is -2.37. The van der Waals surface area contributed by atoms with Crippen LogP contribution < -0.4 is 15.2 Å². The maximum Gasteiger partial charge on any atom is 0.231 e. The molecule has 3 rings (SSSR count). The molecule has 4 heteroatoms. The number of likely N-dealkylation sites (tertiary alicyclic amines) is 1. The molecule has 1 aromatic carbocycles. The summed E-state index contributed by atoms with van der Waals surface area (Å²) < 4.78 is 10.8. The highest BCUT2D eigenvalue weighted by Crippen LogP contribution is 2.36. The zero-order valence-electron chi connectivity index (χ0n) is 11.7. The normalized spacial score (nSPS) is 24.9. The molecule has 2 aliphatic rings. The lowest BCUT2D eigenvalue weighted by atomic mass is 9.96. The summed E-state index contributed by atoms with van der Waals surface area (Å²) in [5.41, 5.74) is 7.32. The Hall–Kier alpha value is -1.26. The molecular weight excluding hydrogens is 240 g/mol. The summed E-state index contributed by atoms with van der Waals surface area (Å²) in [6.07, 6.45) is 1.17. The van der Waals surface area contributed by atoms with E-state index < -0.39 is 0 Å². The van der Waals surface area contributed by atoms with E-state index in [1.165, 1.54) is 12.0 Å². The van der Waals surface area contributed by atoms with E-state index in [2.05, 4.69) is 30.9 Å². The smallest absolute Gasteiger partial charge is 0.231 e. The van der Waals surface area contributed by atoms with E-state index in [9.17, 15) is 0 Å². The molecule has 4 nitrogen and oxygen atoms in total. The number of fused-ring (bicyclic) bond motifs is 1. The van der Waals surface area contributed by atoms with Crippen molar-refractivity contribution in [3.05, 3.63) is 23.8 Å². The lowest BCUT2D eigenvalue weighted by molar-refractivity contribution is 0.165. The predicted octanol–water partition coefficient (Wildman–Crippen LogP) is 1.97. The van der Waals surface area contributed by atoms with Gasteiger partial charge in [-0.3, -0.25) is 4.90 Å². The summed E-state index contributed by atoms with van der Waals surface area (Å²) >= 11 is 0. The number of hydrogen-bond acceptors (Lipinski definition) is 4. The predicted molar refractivity (Wildman–Crippen MR) is 74.2 cm³/mol. The molecule has 0 aromatic heterocycles. The molecule has 1 fully saturated rings. The van der Waals surface area contributed by atoms with Crippen molar-refractivity contribution in [2.75, 3.05) is 19.9 Å². The zero-order valence-corrected chi connectivity index (χ0v) is 11.7. The molecule has 0 bridgehead atoms. The van der Waals surface area contributed by atoms with Crippen LogP contribution in [0.4, 0.5) is 0 Å². The van der Waals surface area contributed by atoms with E-state index in [1.807, 2.05) is 6.07 Å². The topological polar surface area (TPSA) is 47.7 Å². The van der Waals surface area contributed by atoms with E-state index in [1.54, 1.807) is 0 Å². The fourth-order valence-electron chi connectivity index (χ4n) is 3.16. The van der Waals surface area contributed by atoms with E-state index in [0.29, 0.717) is 12.7 Å². The standard InChI is InChI=1S/C15H22N2O2/c1-15(2)6-12(7-16)9-17(15)8-11-3-4-13-14(5-11)19-10-18-13/h3-5,12H,6-10,16H2,1-2H3. The lowest BCUT2D eigenvalue weighted by Gasteiger charge is -2.31. The van der Waals surface area contributed by atoms with Gasteiger partial charge in [-0.25, -0.2) is 0 Å². The monoisotopic (exact) mass is 262 g/mol. The fraction of sp³-hybridized carbons (Fsp3) is 0.600. The molecule has 19 heavy (non-hydrogen) atoms. The highest BCUT2D eigenvalue weighted by atomic mass is 16.7. The molecular formula is C15H22N2O2. The van der Waals surface area contributed by atoms with E-state index >= 15 is 0 Å². The largest absolute Gasteiger partial charge is 0.454 e. The number of nitrogens with two attached hydrogens (primary N) is 1. The van der Waals surface area contributed by atoms with Gasteiger partial charge in [0.15, 0.2) is 11.5 Å². The van der Waals surface area contributed by atoms with Gasteiger partial charge in [-0.2, -0.15) is 0 Å². The Morgan fingerprint density at radius 1 is 1.32 bits per heavy atom. The molecule has 1 aromatic rings. The van der Waals surface area contributed by atoms with Gasteiger partial charge < -0.3 is 15.2 Å². The zero-order chi connectivity index (χ0) is 13.5. The highest BCUT2D eigenvalue weighted by Gasteiger charge is 2.37. The molecule has 2 N–H and O–H groups in total. The number of ether oxygens (including phenoxy) is 2. The maximum absolute atomic E-state index is 5.82. The van der Waals surface area contributed by atoms with Crippen LogP contribution in [0.5, 0.6) is 11.5 Å². The number of benzene rings is 1. The first-order valence-corrected chi connectivity index (χ1v) is 6.92. The summed E-state index contributed by atoms with van der Waals surface area (Å²) in [6.45, 7) is 7.74. The third kappa shape index (κ3) is 2.42. The Kier molecular flexibility index (Phi) is 3.15. The summed E-state index contributed by atoms with van der Waals surface area (Å²) in [4.78, 5) is 2.52. The van der Waals surface area contributed by atoms with Gasteiger partial charge in [0.1, 0.15) is 0 Å². The fourth-order valence-corrected chi connectivity index (χ4v) is 3.16. The highest BCUT2D eigenvalue weighted by molar-refractivity contribution is 5.44. The Bertz CT molecular complexity index is 473. The molecule has 0 saturated carbocycles. The van der Waals surface area contributed by atoms with Gasteiger partial charge in [-0.05, 0) is 50.4 Å². The number of nitrogens with zero attached hydrogens (tertiary/aromatic N) is 1. The van der Waals surface area contributed by atoms with Gasteiger partial charge in [-0.15, -0.1) is 0 Å². The van der Waals surface area contributed by atoms with Crippen LogP contribution in [0.2, 0.25) is 0 Å².